The molecule has 0 bridgehead atoms. The zero-order chi connectivity index (χ0) is 12.4. The fourth-order valence-corrected chi connectivity index (χ4v) is 2.05. The Labute approximate surface area is 114 Å². The molecule has 0 aliphatic carbocycles. The molecule has 1 heterocycles. The predicted molar refractivity (Wildman–Crippen MR) is 73.1 cm³/mol. The summed E-state index contributed by atoms with van der Waals surface area (Å²) in [6.07, 6.45) is 3.75. The third-order valence-electron chi connectivity index (χ3n) is 2.64. The smallest absolute Gasteiger partial charge is 0.0583 e. The lowest BCUT2D eigenvalue weighted by atomic mass is 10.0. The normalized spacial score (nSPS) is 12.7. The molecule has 2 aromatic rings. The first-order chi connectivity index (χ1) is 8.11. The van der Waals surface area contributed by atoms with Crippen molar-refractivity contribution in [2.24, 2.45) is 5.73 Å². The molecule has 90 valence electrons. The van der Waals surface area contributed by atoms with Crippen LogP contribution in [0.4, 0.5) is 0 Å². The Morgan fingerprint density at radius 3 is 2.82 bits per heavy atom. The lowest BCUT2D eigenvalue weighted by Crippen LogP contribution is -2.11. The van der Waals surface area contributed by atoms with Gasteiger partial charge >= 0.3 is 0 Å². The van der Waals surface area contributed by atoms with Crippen LogP contribution in [0, 0.1) is 0 Å². The Kier molecular flexibility index (Phi) is 3.86. The zero-order valence-electron chi connectivity index (χ0n) is 9.40. The molecular weight excluding hydrogens is 302 g/mol. The van der Waals surface area contributed by atoms with E-state index in [2.05, 4.69) is 21.0 Å². The van der Waals surface area contributed by atoms with E-state index >= 15 is 0 Å². The highest BCUT2D eigenvalue weighted by Gasteiger charge is 2.12. The summed E-state index contributed by atoms with van der Waals surface area (Å²) >= 11 is 9.42. The number of aryl methyl sites for hydroxylation is 1. The molecule has 0 fully saturated rings. The molecule has 1 aromatic carbocycles. The van der Waals surface area contributed by atoms with E-state index in [-0.39, 0.29) is 6.04 Å². The van der Waals surface area contributed by atoms with Crippen molar-refractivity contribution in [2.45, 2.75) is 19.5 Å². The summed E-state index contributed by atoms with van der Waals surface area (Å²) in [5.74, 6) is 0. The van der Waals surface area contributed by atoms with Gasteiger partial charge in [0.05, 0.1) is 17.3 Å². The van der Waals surface area contributed by atoms with Crippen LogP contribution in [0.15, 0.2) is 35.1 Å². The van der Waals surface area contributed by atoms with Gasteiger partial charge in [0.1, 0.15) is 0 Å². The quantitative estimate of drug-likeness (QED) is 0.944. The van der Waals surface area contributed by atoms with Crippen LogP contribution in [-0.2, 0) is 6.54 Å². The largest absolute Gasteiger partial charge is 0.320 e. The van der Waals surface area contributed by atoms with Crippen molar-refractivity contribution < 1.29 is 0 Å². The molecule has 0 aliphatic heterocycles. The fourth-order valence-electron chi connectivity index (χ4n) is 1.61. The van der Waals surface area contributed by atoms with Gasteiger partial charge in [-0.25, -0.2) is 0 Å². The van der Waals surface area contributed by atoms with Crippen LogP contribution < -0.4 is 5.73 Å². The minimum atomic E-state index is -0.194. The van der Waals surface area contributed by atoms with Crippen LogP contribution in [0.5, 0.6) is 0 Å². The van der Waals surface area contributed by atoms with Gasteiger partial charge in [-0.1, -0.05) is 17.7 Å². The molecule has 1 aromatic heterocycles. The molecule has 0 saturated heterocycles. The molecule has 0 aliphatic rings. The third kappa shape index (κ3) is 2.70. The number of nitrogens with two attached hydrogens (primary N) is 1. The molecule has 0 saturated carbocycles. The molecule has 3 nitrogen and oxygen atoms in total. The Morgan fingerprint density at radius 1 is 1.47 bits per heavy atom. The third-order valence-corrected chi connectivity index (χ3v) is 3.87. The van der Waals surface area contributed by atoms with E-state index in [4.69, 9.17) is 17.3 Å². The van der Waals surface area contributed by atoms with Crippen molar-refractivity contribution >= 4 is 27.5 Å². The second-order valence-corrected chi connectivity index (χ2v) is 5.04. The Bertz CT molecular complexity index is 524. The molecule has 0 amide bonds. The van der Waals surface area contributed by atoms with Crippen molar-refractivity contribution in [3.8, 4) is 0 Å². The number of nitrogens with zero attached hydrogens (tertiary/aromatic N) is 2. The van der Waals surface area contributed by atoms with Gasteiger partial charge in [-0.3, -0.25) is 4.68 Å². The molecule has 1 atom stereocenters. The van der Waals surface area contributed by atoms with E-state index < -0.39 is 0 Å². The first-order valence-corrected chi connectivity index (χ1v) is 6.51. The summed E-state index contributed by atoms with van der Waals surface area (Å²) in [5.41, 5.74) is 8.15. The van der Waals surface area contributed by atoms with Gasteiger partial charge in [0.25, 0.3) is 0 Å². The van der Waals surface area contributed by atoms with Crippen LogP contribution in [0.1, 0.15) is 24.1 Å². The monoisotopic (exact) mass is 313 g/mol. The zero-order valence-corrected chi connectivity index (χ0v) is 11.7. The average Bonchev–Trinajstić information content (AvgIpc) is 2.80. The van der Waals surface area contributed by atoms with Crippen molar-refractivity contribution in [2.75, 3.05) is 0 Å². The van der Waals surface area contributed by atoms with Gasteiger partial charge < -0.3 is 5.73 Å². The lowest BCUT2D eigenvalue weighted by molar-refractivity contribution is 0.658. The highest BCUT2D eigenvalue weighted by molar-refractivity contribution is 9.10. The van der Waals surface area contributed by atoms with Crippen LogP contribution >= 0.6 is 27.5 Å². The van der Waals surface area contributed by atoms with Gasteiger partial charge in [0, 0.05) is 22.8 Å². The number of hydrogen-bond acceptors (Lipinski definition) is 2. The number of hydrogen-bond donors (Lipinski definition) is 1. The summed E-state index contributed by atoms with van der Waals surface area (Å²) in [6.45, 7) is 2.88. The first kappa shape index (κ1) is 12.6. The summed E-state index contributed by atoms with van der Waals surface area (Å²) in [7, 11) is 0. The first-order valence-electron chi connectivity index (χ1n) is 5.34. The number of halogens is 2. The lowest BCUT2D eigenvalue weighted by Gasteiger charge is -2.10. The Morgan fingerprint density at radius 2 is 2.24 bits per heavy atom. The number of benzene rings is 1. The van der Waals surface area contributed by atoms with E-state index in [1.807, 2.05) is 36.0 Å². The van der Waals surface area contributed by atoms with Crippen LogP contribution in [0.25, 0.3) is 0 Å². The van der Waals surface area contributed by atoms with E-state index in [0.29, 0.717) is 5.02 Å². The number of rotatable bonds is 3. The maximum Gasteiger partial charge on any atom is 0.0583 e. The van der Waals surface area contributed by atoms with E-state index in [1.165, 1.54) is 0 Å². The van der Waals surface area contributed by atoms with Crippen molar-refractivity contribution in [1.82, 2.24) is 9.78 Å². The standard InChI is InChI=1S/C12H13BrClN3/c1-2-17-7-9(6-16-17)12(15)8-3-4-10(13)11(14)5-8/h3-7,12H,2,15H2,1H3. The van der Waals surface area contributed by atoms with E-state index in [1.54, 1.807) is 6.20 Å². The average molecular weight is 315 g/mol. The predicted octanol–water partition coefficient (Wildman–Crippen LogP) is 3.37. The molecular formula is C12H13BrClN3. The highest BCUT2D eigenvalue weighted by Crippen LogP contribution is 2.27. The van der Waals surface area contributed by atoms with Crippen LogP contribution in [-0.4, -0.2) is 9.78 Å². The molecule has 17 heavy (non-hydrogen) atoms. The SMILES string of the molecule is CCn1cc(C(N)c2ccc(Br)c(Cl)c2)cn1. The summed E-state index contributed by atoms with van der Waals surface area (Å²) in [5, 5.41) is 4.88. The summed E-state index contributed by atoms with van der Waals surface area (Å²) in [6, 6.07) is 5.55. The molecule has 5 heteroatoms. The molecule has 2 rings (SSSR count). The topological polar surface area (TPSA) is 43.8 Å². The highest BCUT2D eigenvalue weighted by atomic mass is 79.9. The van der Waals surface area contributed by atoms with Gasteiger partial charge in [0.15, 0.2) is 0 Å². The Hall–Kier alpha value is -0.840. The maximum atomic E-state index is 6.18. The van der Waals surface area contributed by atoms with Gasteiger partial charge in [-0.05, 0) is 40.5 Å². The fraction of sp³-hybridized carbons (Fsp3) is 0.250. The van der Waals surface area contributed by atoms with Gasteiger partial charge in [-0.15, -0.1) is 0 Å². The van der Waals surface area contributed by atoms with E-state index in [0.717, 1.165) is 22.1 Å². The minimum Gasteiger partial charge on any atom is -0.320 e. The van der Waals surface area contributed by atoms with E-state index in [9.17, 15) is 0 Å². The Balaban J connectivity index is 2.29. The second-order valence-electron chi connectivity index (χ2n) is 3.78. The molecule has 2 N–H and O–H groups in total. The van der Waals surface area contributed by atoms with Crippen LogP contribution in [0.3, 0.4) is 0 Å². The van der Waals surface area contributed by atoms with Crippen LogP contribution in [0.2, 0.25) is 5.02 Å². The molecule has 1 unspecified atom stereocenters. The summed E-state index contributed by atoms with van der Waals surface area (Å²) in [4.78, 5) is 0. The van der Waals surface area contributed by atoms with Crippen molar-refractivity contribution in [3.63, 3.8) is 0 Å². The summed E-state index contributed by atoms with van der Waals surface area (Å²) < 4.78 is 2.73. The second kappa shape index (κ2) is 5.21. The van der Waals surface area contributed by atoms with Gasteiger partial charge in [-0.2, -0.15) is 5.10 Å². The van der Waals surface area contributed by atoms with Crippen molar-refractivity contribution in [1.29, 1.82) is 0 Å². The minimum absolute atomic E-state index is 0.194. The number of aromatic nitrogens is 2. The van der Waals surface area contributed by atoms with Gasteiger partial charge in [0.2, 0.25) is 0 Å². The molecule has 0 spiro atoms. The molecule has 0 radical (unpaired) electrons. The van der Waals surface area contributed by atoms with Crippen molar-refractivity contribution in [3.05, 3.63) is 51.2 Å². The maximum absolute atomic E-state index is 6.18.